The molecule has 2 aromatic rings. The molecular formula is C13H15N3. The van der Waals surface area contributed by atoms with Crippen LogP contribution in [0.5, 0.6) is 0 Å². The van der Waals surface area contributed by atoms with E-state index < -0.39 is 0 Å². The van der Waals surface area contributed by atoms with E-state index in [1.165, 1.54) is 11.1 Å². The van der Waals surface area contributed by atoms with Crippen LogP contribution >= 0.6 is 0 Å². The first kappa shape index (κ1) is 9.60. The van der Waals surface area contributed by atoms with Crippen LogP contribution in [0, 0.1) is 0 Å². The molecule has 2 heterocycles. The minimum absolute atomic E-state index is 0.256. The van der Waals surface area contributed by atoms with Gasteiger partial charge < -0.3 is 4.57 Å². The summed E-state index contributed by atoms with van der Waals surface area (Å²) in [5.41, 5.74) is 2.75. The Kier molecular flexibility index (Phi) is 2.26. The van der Waals surface area contributed by atoms with Crippen LogP contribution in [-0.2, 0) is 13.1 Å². The summed E-state index contributed by atoms with van der Waals surface area (Å²) < 4.78 is 2.19. The molecule has 82 valence electrons. The van der Waals surface area contributed by atoms with Crippen LogP contribution in [0.4, 0.5) is 0 Å². The molecule has 0 radical (unpaired) electrons. The van der Waals surface area contributed by atoms with Gasteiger partial charge in [-0.15, -0.1) is 0 Å². The predicted octanol–water partition coefficient (Wildman–Crippen LogP) is 2.10. The number of nitrogens with zero attached hydrogens (tertiary/aromatic N) is 2. The fourth-order valence-corrected chi connectivity index (χ4v) is 2.38. The topological polar surface area (TPSA) is 29.9 Å². The third-order valence-corrected chi connectivity index (χ3v) is 3.21. The first-order chi connectivity index (χ1) is 7.90. The first-order valence-electron chi connectivity index (χ1n) is 5.72. The number of rotatable bonds is 2. The number of benzene rings is 1. The monoisotopic (exact) mass is 213 g/mol. The molecular weight excluding hydrogens is 198 g/mol. The maximum Gasteiger partial charge on any atom is 0.130 e. The minimum atomic E-state index is 0.256. The first-order valence-corrected chi connectivity index (χ1v) is 5.72. The van der Waals surface area contributed by atoms with Crippen LogP contribution in [0.25, 0.3) is 0 Å². The summed E-state index contributed by atoms with van der Waals surface area (Å²) >= 11 is 0. The molecule has 1 N–H and O–H groups in total. The second kappa shape index (κ2) is 3.76. The van der Waals surface area contributed by atoms with E-state index in [2.05, 4.69) is 46.1 Å². The predicted molar refractivity (Wildman–Crippen MR) is 63.0 cm³/mol. The van der Waals surface area contributed by atoms with Gasteiger partial charge in [-0.2, -0.15) is 0 Å². The summed E-state index contributed by atoms with van der Waals surface area (Å²) in [6.45, 7) is 4.05. The Morgan fingerprint density at radius 3 is 3.19 bits per heavy atom. The number of imidazole rings is 1. The molecule has 0 saturated heterocycles. The van der Waals surface area contributed by atoms with Gasteiger partial charge in [0, 0.05) is 25.5 Å². The molecule has 0 bridgehead atoms. The van der Waals surface area contributed by atoms with Gasteiger partial charge in [0.25, 0.3) is 0 Å². The molecule has 1 aliphatic rings. The second-order valence-electron chi connectivity index (χ2n) is 4.08. The van der Waals surface area contributed by atoms with E-state index in [1.54, 1.807) is 0 Å². The molecule has 0 amide bonds. The molecule has 1 aliphatic heterocycles. The van der Waals surface area contributed by atoms with Crippen molar-refractivity contribution in [2.75, 3.05) is 0 Å². The molecule has 3 heteroatoms. The van der Waals surface area contributed by atoms with E-state index >= 15 is 0 Å². The lowest BCUT2D eigenvalue weighted by Gasteiger charge is -2.13. The average Bonchev–Trinajstić information content (AvgIpc) is 2.94. The highest BCUT2D eigenvalue weighted by Gasteiger charge is 2.25. The highest BCUT2D eigenvalue weighted by Crippen LogP contribution is 2.29. The van der Waals surface area contributed by atoms with Gasteiger partial charge in [-0.25, -0.2) is 4.98 Å². The quantitative estimate of drug-likeness (QED) is 0.828. The van der Waals surface area contributed by atoms with Crippen molar-refractivity contribution in [1.29, 1.82) is 0 Å². The van der Waals surface area contributed by atoms with Crippen LogP contribution in [0.2, 0.25) is 0 Å². The largest absolute Gasteiger partial charge is 0.334 e. The minimum Gasteiger partial charge on any atom is -0.334 e. The number of nitrogens with one attached hydrogen (secondary N) is 1. The van der Waals surface area contributed by atoms with E-state index in [0.29, 0.717) is 0 Å². The molecule has 1 unspecified atom stereocenters. The maximum absolute atomic E-state index is 4.47. The molecule has 0 saturated carbocycles. The zero-order valence-corrected chi connectivity index (χ0v) is 9.35. The molecule has 3 rings (SSSR count). The van der Waals surface area contributed by atoms with Gasteiger partial charge in [0.1, 0.15) is 5.82 Å². The normalized spacial score (nSPS) is 18.7. The fraction of sp³-hybridized carbons (Fsp3) is 0.308. The molecule has 0 fully saturated rings. The summed E-state index contributed by atoms with van der Waals surface area (Å²) in [6.07, 6.45) is 3.92. The Bertz CT molecular complexity index is 501. The molecule has 1 aromatic heterocycles. The summed E-state index contributed by atoms with van der Waals surface area (Å²) in [4.78, 5) is 4.47. The van der Waals surface area contributed by atoms with Crippen molar-refractivity contribution in [2.45, 2.75) is 26.1 Å². The van der Waals surface area contributed by atoms with Gasteiger partial charge in [-0.1, -0.05) is 24.3 Å². The summed E-state index contributed by atoms with van der Waals surface area (Å²) in [5.74, 6) is 1.12. The van der Waals surface area contributed by atoms with Crippen LogP contribution in [0.3, 0.4) is 0 Å². The van der Waals surface area contributed by atoms with Crippen molar-refractivity contribution in [3.63, 3.8) is 0 Å². The van der Waals surface area contributed by atoms with Crippen molar-refractivity contribution in [2.24, 2.45) is 0 Å². The molecule has 16 heavy (non-hydrogen) atoms. The van der Waals surface area contributed by atoms with E-state index in [9.17, 15) is 0 Å². The van der Waals surface area contributed by atoms with Crippen LogP contribution in [0.15, 0.2) is 36.7 Å². The Hall–Kier alpha value is -1.61. The summed E-state index contributed by atoms with van der Waals surface area (Å²) in [6, 6.07) is 8.81. The van der Waals surface area contributed by atoms with Gasteiger partial charge in [0.2, 0.25) is 0 Å². The maximum atomic E-state index is 4.47. The van der Waals surface area contributed by atoms with Crippen molar-refractivity contribution in [1.82, 2.24) is 14.9 Å². The zero-order valence-electron chi connectivity index (χ0n) is 9.35. The average molecular weight is 213 g/mol. The van der Waals surface area contributed by atoms with Gasteiger partial charge in [-0.05, 0) is 18.1 Å². The molecule has 3 nitrogen and oxygen atoms in total. The molecule has 0 spiro atoms. The third-order valence-electron chi connectivity index (χ3n) is 3.21. The fourth-order valence-electron chi connectivity index (χ4n) is 2.38. The molecule has 1 aromatic carbocycles. The van der Waals surface area contributed by atoms with E-state index in [0.717, 1.165) is 18.9 Å². The highest BCUT2D eigenvalue weighted by molar-refractivity contribution is 5.37. The Balaban J connectivity index is 2.04. The highest BCUT2D eigenvalue weighted by atomic mass is 15.1. The Morgan fingerprint density at radius 1 is 1.44 bits per heavy atom. The number of aromatic nitrogens is 2. The van der Waals surface area contributed by atoms with Gasteiger partial charge in [0.05, 0.1) is 6.04 Å². The lowest BCUT2D eigenvalue weighted by molar-refractivity contribution is 0.582. The second-order valence-corrected chi connectivity index (χ2v) is 4.08. The smallest absolute Gasteiger partial charge is 0.130 e. The lowest BCUT2D eigenvalue weighted by Crippen LogP contribution is -2.18. The number of hydrogen-bond acceptors (Lipinski definition) is 2. The standard InChI is InChI=1S/C13H15N3/c1-2-16-8-7-14-13(16)12-11-6-4-3-5-10(11)9-15-12/h3-8,12,15H,2,9H2,1H3. The van der Waals surface area contributed by atoms with Gasteiger partial charge in [0.15, 0.2) is 0 Å². The van der Waals surface area contributed by atoms with Crippen LogP contribution < -0.4 is 5.32 Å². The number of aryl methyl sites for hydroxylation is 1. The SMILES string of the molecule is CCn1ccnc1C1NCc2ccccc21. The van der Waals surface area contributed by atoms with Crippen LogP contribution in [-0.4, -0.2) is 9.55 Å². The van der Waals surface area contributed by atoms with E-state index in [1.807, 2.05) is 12.4 Å². The Labute approximate surface area is 95.1 Å². The summed E-state index contributed by atoms with van der Waals surface area (Å²) in [5, 5.41) is 3.52. The lowest BCUT2D eigenvalue weighted by atomic mass is 10.0. The summed E-state index contributed by atoms with van der Waals surface area (Å²) in [7, 11) is 0. The van der Waals surface area contributed by atoms with Crippen molar-refractivity contribution < 1.29 is 0 Å². The van der Waals surface area contributed by atoms with Crippen LogP contribution in [0.1, 0.15) is 29.9 Å². The van der Waals surface area contributed by atoms with Crippen molar-refractivity contribution >= 4 is 0 Å². The van der Waals surface area contributed by atoms with Crippen molar-refractivity contribution in [3.05, 3.63) is 53.6 Å². The zero-order chi connectivity index (χ0) is 11.0. The van der Waals surface area contributed by atoms with E-state index in [4.69, 9.17) is 0 Å². The Morgan fingerprint density at radius 2 is 2.31 bits per heavy atom. The number of fused-ring (bicyclic) bond motifs is 1. The third kappa shape index (κ3) is 1.36. The van der Waals surface area contributed by atoms with Crippen molar-refractivity contribution in [3.8, 4) is 0 Å². The van der Waals surface area contributed by atoms with Gasteiger partial charge in [-0.3, -0.25) is 5.32 Å². The van der Waals surface area contributed by atoms with Gasteiger partial charge >= 0.3 is 0 Å². The molecule has 1 atom stereocenters. The molecule has 0 aliphatic carbocycles. The van der Waals surface area contributed by atoms with E-state index in [-0.39, 0.29) is 6.04 Å². The number of hydrogen-bond donors (Lipinski definition) is 1.